The predicted octanol–water partition coefficient (Wildman–Crippen LogP) is 1.02. The molecule has 5 heteroatoms. The Balaban J connectivity index is 2.81. The largest absolute Gasteiger partial charge is 0.545 e. The fourth-order valence-corrected chi connectivity index (χ4v) is 1.57. The van der Waals surface area contributed by atoms with Gasteiger partial charge in [-0.15, -0.1) is 0 Å². The zero-order valence-electron chi connectivity index (χ0n) is 9.27. The van der Waals surface area contributed by atoms with Gasteiger partial charge in [-0.1, -0.05) is 19.0 Å². The van der Waals surface area contributed by atoms with Crippen LogP contribution in [0.15, 0.2) is 10.6 Å². The van der Waals surface area contributed by atoms with Gasteiger partial charge in [0.05, 0.1) is 17.0 Å². The smallest absolute Gasteiger partial charge is 0.258 e. The molecule has 0 saturated heterocycles. The van der Waals surface area contributed by atoms with Crippen LogP contribution in [-0.4, -0.2) is 16.1 Å². The Kier molecular flexibility index (Phi) is 2.38. The third kappa shape index (κ3) is 1.54. The molecule has 0 N–H and O–H groups in total. The average molecular weight is 219 g/mol. The molecule has 84 valence electrons. The van der Waals surface area contributed by atoms with Gasteiger partial charge in [0.15, 0.2) is 0 Å². The average Bonchev–Trinajstić information content (AvgIpc) is 2.59. The summed E-state index contributed by atoms with van der Waals surface area (Å²) in [5.41, 5.74) is 1.51. The quantitative estimate of drug-likeness (QED) is 0.753. The van der Waals surface area contributed by atoms with E-state index in [1.807, 2.05) is 13.8 Å². The summed E-state index contributed by atoms with van der Waals surface area (Å²) in [7, 11) is 0. The van der Waals surface area contributed by atoms with Gasteiger partial charge in [0.1, 0.15) is 0 Å². The molecule has 16 heavy (non-hydrogen) atoms. The molecule has 2 aromatic rings. The SMILES string of the molecule is Cc1noc2nc(C(C)C)cc(C(=O)[O-])c12. The summed E-state index contributed by atoms with van der Waals surface area (Å²) in [6, 6.07) is 1.52. The number of hydrogen-bond acceptors (Lipinski definition) is 5. The molecule has 0 fully saturated rings. The van der Waals surface area contributed by atoms with Gasteiger partial charge in [-0.3, -0.25) is 0 Å². The Bertz CT molecular complexity index is 558. The van der Waals surface area contributed by atoms with E-state index in [1.165, 1.54) is 6.07 Å². The van der Waals surface area contributed by atoms with Gasteiger partial charge in [0.2, 0.25) is 0 Å². The van der Waals surface area contributed by atoms with Crippen LogP contribution in [0.3, 0.4) is 0 Å². The van der Waals surface area contributed by atoms with E-state index in [0.29, 0.717) is 16.8 Å². The van der Waals surface area contributed by atoms with Gasteiger partial charge in [-0.25, -0.2) is 4.98 Å². The van der Waals surface area contributed by atoms with Crippen LogP contribution in [0, 0.1) is 6.92 Å². The van der Waals surface area contributed by atoms with Gasteiger partial charge in [-0.2, -0.15) is 0 Å². The van der Waals surface area contributed by atoms with Crippen molar-refractivity contribution in [2.75, 3.05) is 0 Å². The van der Waals surface area contributed by atoms with Gasteiger partial charge in [-0.05, 0) is 18.9 Å². The van der Waals surface area contributed by atoms with Crippen LogP contribution in [-0.2, 0) is 0 Å². The monoisotopic (exact) mass is 219 g/mol. The molecule has 2 aromatic heterocycles. The van der Waals surface area contributed by atoms with Crippen LogP contribution in [0.25, 0.3) is 11.1 Å². The highest BCUT2D eigenvalue weighted by Crippen LogP contribution is 2.24. The standard InChI is InChI=1S/C11H12N2O3/c1-5(2)8-4-7(11(14)15)9-6(3)13-16-10(9)12-8/h4-5H,1-3H3,(H,14,15)/p-1. The van der Waals surface area contributed by atoms with Gasteiger partial charge >= 0.3 is 0 Å². The predicted molar refractivity (Wildman–Crippen MR) is 55.0 cm³/mol. The summed E-state index contributed by atoms with van der Waals surface area (Å²) >= 11 is 0. The number of fused-ring (bicyclic) bond motifs is 1. The Morgan fingerprint density at radius 2 is 2.19 bits per heavy atom. The second-order valence-electron chi connectivity index (χ2n) is 3.98. The minimum atomic E-state index is -1.24. The first-order valence-electron chi connectivity index (χ1n) is 4.99. The molecule has 0 radical (unpaired) electrons. The molecule has 0 amide bonds. The number of aromatic nitrogens is 2. The topological polar surface area (TPSA) is 79.0 Å². The van der Waals surface area contributed by atoms with E-state index in [4.69, 9.17) is 4.52 Å². The number of nitrogens with zero attached hydrogens (tertiary/aromatic N) is 2. The van der Waals surface area contributed by atoms with Crippen molar-refractivity contribution in [2.45, 2.75) is 26.7 Å². The Hall–Kier alpha value is -1.91. The lowest BCUT2D eigenvalue weighted by atomic mass is 10.0. The summed E-state index contributed by atoms with van der Waals surface area (Å²) in [6.45, 7) is 5.53. The number of hydrogen-bond donors (Lipinski definition) is 0. The van der Waals surface area contributed by atoms with Crippen LogP contribution >= 0.6 is 0 Å². The number of carbonyl (C=O) groups is 1. The van der Waals surface area contributed by atoms with Crippen LogP contribution in [0.1, 0.15) is 41.5 Å². The molecule has 0 bridgehead atoms. The molecule has 0 aliphatic rings. The van der Waals surface area contributed by atoms with E-state index in [2.05, 4.69) is 10.1 Å². The van der Waals surface area contributed by atoms with Gasteiger partial charge in [0.25, 0.3) is 5.71 Å². The normalized spacial score (nSPS) is 11.2. The van der Waals surface area contributed by atoms with Crippen molar-refractivity contribution in [3.8, 4) is 0 Å². The summed E-state index contributed by atoms with van der Waals surface area (Å²) in [4.78, 5) is 15.2. The molecule has 0 unspecified atom stereocenters. The highest BCUT2D eigenvalue weighted by atomic mass is 16.5. The van der Waals surface area contributed by atoms with E-state index in [0.717, 1.165) is 0 Å². The molecule has 0 aliphatic carbocycles. The Morgan fingerprint density at radius 3 is 2.75 bits per heavy atom. The number of aromatic carboxylic acids is 1. The van der Waals surface area contributed by atoms with Crippen molar-refractivity contribution in [1.82, 2.24) is 10.1 Å². The number of carbonyl (C=O) groups excluding carboxylic acids is 1. The lowest BCUT2D eigenvalue weighted by Gasteiger charge is -2.08. The number of aryl methyl sites for hydroxylation is 1. The highest BCUT2D eigenvalue weighted by Gasteiger charge is 2.15. The first-order chi connectivity index (χ1) is 7.50. The van der Waals surface area contributed by atoms with Crippen LogP contribution in [0.2, 0.25) is 0 Å². The molecule has 0 spiro atoms. The Labute approximate surface area is 92.1 Å². The molecular weight excluding hydrogens is 208 g/mol. The highest BCUT2D eigenvalue weighted by molar-refractivity contribution is 6.01. The summed E-state index contributed by atoms with van der Waals surface area (Å²) in [6.07, 6.45) is 0. The van der Waals surface area contributed by atoms with E-state index in [-0.39, 0.29) is 17.2 Å². The van der Waals surface area contributed by atoms with Crippen molar-refractivity contribution >= 4 is 17.1 Å². The summed E-state index contributed by atoms with van der Waals surface area (Å²) < 4.78 is 4.98. The first-order valence-corrected chi connectivity index (χ1v) is 4.99. The van der Waals surface area contributed by atoms with E-state index in [9.17, 15) is 9.90 Å². The molecule has 2 rings (SSSR count). The van der Waals surface area contributed by atoms with Crippen molar-refractivity contribution < 1.29 is 14.4 Å². The number of pyridine rings is 1. The van der Waals surface area contributed by atoms with Gasteiger partial charge < -0.3 is 14.4 Å². The second-order valence-corrected chi connectivity index (χ2v) is 3.98. The molecular formula is C11H11N2O3-. The van der Waals surface area contributed by atoms with Crippen LogP contribution in [0.4, 0.5) is 0 Å². The zero-order chi connectivity index (χ0) is 11.9. The lowest BCUT2D eigenvalue weighted by Crippen LogP contribution is -2.23. The van der Waals surface area contributed by atoms with Gasteiger partial charge in [0, 0.05) is 11.3 Å². The molecule has 0 atom stereocenters. The van der Waals surface area contributed by atoms with Crippen molar-refractivity contribution in [2.24, 2.45) is 0 Å². The van der Waals surface area contributed by atoms with Crippen molar-refractivity contribution in [3.63, 3.8) is 0 Å². The molecule has 0 aliphatic heterocycles. The molecule has 0 aromatic carbocycles. The minimum absolute atomic E-state index is 0.0902. The lowest BCUT2D eigenvalue weighted by molar-refractivity contribution is -0.254. The van der Waals surface area contributed by atoms with Crippen LogP contribution in [0.5, 0.6) is 0 Å². The Morgan fingerprint density at radius 1 is 1.50 bits per heavy atom. The number of carboxylic acid groups (broad SMARTS) is 1. The fraction of sp³-hybridized carbons (Fsp3) is 0.364. The zero-order valence-corrected chi connectivity index (χ0v) is 9.27. The maximum atomic E-state index is 11.0. The molecule has 2 heterocycles. The second kappa shape index (κ2) is 3.59. The minimum Gasteiger partial charge on any atom is -0.545 e. The van der Waals surface area contributed by atoms with E-state index < -0.39 is 5.97 Å². The van der Waals surface area contributed by atoms with Crippen molar-refractivity contribution in [1.29, 1.82) is 0 Å². The summed E-state index contributed by atoms with van der Waals surface area (Å²) in [5, 5.41) is 15.2. The van der Waals surface area contributed by atoms with Crippen molar-refractivity contribution in [3.05, 3.63) is 23.0 Å². The fourth-order valence-electron chi connectivity index (χ4n) is 1.57. The maximum absolute atomic E-state index is 11.0. The maximum Gasteiger partial charge on any atom is 0.258 e. The first kappa shape index (κ1) is 10.6. The molecule has 0 saturated carbocycles. The van der Waals surface area contributed by atoms with E-state index in [1.54, 1.807) is 6.92 Å². The number of rotatable bonds is 2. The molecule has 5 nitrogen and oxygen atoms in total. The summed E-state index contributed by atoms with van der Waals surface area (Å²) in [5.74, 6) is -1.12. The van der Waals surface area contributed by atoms with E-state index >= 15 is 0 Å². The van der Waals surface area contributed by atoms with Crippen LogP contribution < -0.4 is 5.11 Å². The number of carboxylic acids is 1. The third-order valence-electron chi connectivity index (χ3n) is 2.45. The third-order valence-corrected chi connectivity index (χ3v) is 2.45.